The van der Waals surface area contributed by atoms with Gasteiger partial charge in [0.05, 0.1) is 0 Å². The SMILES string of the molecule is CCc1ccc(CC(C)CN)s1. The zero-order valence-electron chi connectivity index (χ0n) is 7.84. The summed E-state index contributed by atoms with van der Waals surface area (Å²) in [5.74, 6) is 0.619. The van der Waals surface area contributed by atoms with Crippen molar-refractivity contribution in [3.05, 3.63) is 21.9 Å². The number of aryl methyl sites for hydroxylation is 1. The van der Waals surface area contributed by atoms with Gasteiger partial charge in [0, 0.05) is 9.75 Å². The molecule has 0 fully saturated rings. The van der Waals surface area contributed by atoms with E-state index in [1.165, 1.54) is 9.75 Å². The third-order valence-corrected chi connectivity index (χ3v) is 3.27. The Morgan fingerprint density at radius 3 is 2.58 bits per heavy atom. The Balaban J connectivity index is 2.52. The second-order valence-corrected chi connectivity index (χ2v) is 4.52. The maximum atomic E-state index is 5.56. The van der Waals surface area contributed by atoms with Gasteiger partial charge in [-0.1, -0.05) is 13.8 Å². The highest BCUT2D eigenvalue weighted by molar-refractivity contribution is 7.11. The minimum atomic E-state index is 0.619. The van der Waals surface area contributed by atoms with Gasteiger partial charge in [0.2, 0.25) is 0 Å². The molecule has 2 N–H and O–H groups in total. The summed E-state index contributed by atoms with van der Waals surface area (Å²) in [4.78, 5) is 2.96. The van der Waals surface area contributed by atoms with E-state index in [9.17, 15) is 0 Å². The van der Waals surface area contributed by atoms with Crippen LogP contribution in [0.1, 0.15) is 23.6 Å². The van der Waals surface area contributed by atoms with E-state index in [-0.39, 0.29) is 0 Å². The molecule has 1 aromatic heterocycles. The van der Waals surface area contributed by atoms with Gasteiger partial charge in [0.15, 0.2) is 0 Å². The van der Waals surface area contributed by atoms with Gasteiger partial charge >= 0.3 is 0 Å². The summed E-state index contributed by atoms with van der Waals surface area (Å²) in [5.41, 5.74) is 5.56. The number of hydrogen-bond donors (Lipinski definition) is 1. The van der Waals surface area contributed by atoms with E-state index in [0.717, 1.165) is 19.4 Å². The molecule has 0 radical (unpaired) electrons. The van der Waals surface area contributed by atoms with E-state index in [1.54, 1.807) is 0 Å². The van der Waals surface area contributed by atoms with Crippen LogP contribution in [0.15, 0.2) is 12.1 Å². The fraction of sp³-hybridized carbons (Fsp3) is 0.600. The Bertz CT molecular complexity index is 229. The molecule has 1 rings (SSSR count). The van der Waals surface area contributed by atoms with Crippen LogP contribution in [0.3, 0.4) is 0 Å². The van der Waals surface area contributed by atoms with Crippen LogP contribution in [0.4, 0.5) is 0 Å². The average Bonchev–Trinajstić information content (AvgIpc) is 2.52. The molecule has 0 saturated carbocycles. The minimum Gasteiger partial charge on any atom is -0.330 e. The Morgan fingerprint density at radius 1 is 1.42 bits per heavy atom. The van der Waals surface area contributed by atoms with E-state index in [2.05, 4.69) is 26.0 Å². The monoisotopic (exact) mass is 183 g/mol. The van der Waals surface area contributed by atoms with E-state index in [4.69, 9.17) is 5.73 Å². The van der Waals surface area contributed by atoms with Gasteiger partial charge in [0.1, 0.15) is 0 Å². The lowest BCUT2D eigenvalue weighted by Crippen LogP contribution is -2.12. The van der Waals surface area contributed by atoms with Gasteiger partial charge in [-0.25, -0.2) is 0 Å². The predicted octanol–water partition coefficient (Wildman–Crippen LogP) is 2.45. The Morgan fingerprint density at radius 2 is 2.08 bits per heavy atom. The van der Waals surface area contributed by atoms with E-state index < -0.39 is 0 Å². The van der Waals surface area contributed by atoms with Crippen molar-refractivity contribution < 1.29 is 0 Å². The molecule has 1 nitrogen and oxygen atoms in total. The van der Waals surface area contributed by atoms with Crippen molar-refractivity contribution in [2.75, 3.05) is 6.54 Å². The first-order chi connectivity index (χ1) is 5.76. The number of nitrogens with two attached hydrogens (primary N) is 1. The van der Waals surface area contributed by atoms with Gasteiger partial charge in [0.25, 0.3) is 0 Å². The molecule has 12 heavy (non-hydrogen) atoms. The Labute approximate surface area is 78.6 Å². The van der Waals surface area contributed by atoms with Crippen LogP contribution in [-0.4, -0.2) is 6.54 Å². The molecule has 0 bridgehead atoms. The first kappa shape index (κ1) is 9.75. The van der Waals surface area contributed by atoms with Crippen LogP contribution in [0, 0.1) is 5.92 Å². The van der Waals surface area contributed by atoms with Crippen molar-refractivity contribution in [3.8, 4) is 0 Å². The van der Waals surface area contributed by atoms with Crippen molar-refractivity contribution in [1.29, 1.82) is 0 Å². The van der Waals surface area contributed by atoms with Gasteiger partial charge in [-0.05, 0) is 37.4 Å². The van der Waals surface area contributed by atoms with E-state index in [1.807, 2.05) is 11.3 Å². The van der Waals surface area contributed by atoms with Gasteiger partial charge < -0.3 is 5.73 Å². The number of hydrogen-bond acceptors (Lipinski definition) is 2. The summed E-state index contributed by atoms with van der Waals surface area (Å²) in [6, 6.07) is 4.46. The number of rotatable bonds is 4. The van der Waals surface area contributed by atoms with Crippen molar-refractivity contribution in [3.63, 3.8) is 0 Å². The van der Waals surface area contributed by atoms with Crippen molar-refractivity contribution in [1.82, 2.24) is 0 Å². The standard InChI is InChI=1S/C10H17NS/c1-3-9-4-5-10(12-9)6-8(2)7-11/h4-5,8H,3,6-7,11H2,1-2H3. The van der Waals surface area contributed by atoms with Crippen LogP contribution >= 0.6 is 11.3 Å². The van der Waals surface area contributed by atoms with Gasteiger partial charge in [-0.15, -0.1) is 11.3 Å². The van der Waals surface area contributed by atoms with Crippen molar-refractivity contribution >= 4 is 11.3 Å². The molecule has 0 aliphatic carbocycles. The molecule has 1 atom stereocenters. The average molecular weight is 183 g/mol. The quantitative estimate of drug-likeness (QED) is 0.762. The topological polar surface area (TPSA) is 26.0 Å². The summed E-state index contributed by atoms with van der Waals surface area (Å²) in [6.45, 7) is 5.19. The highest BCUT2D eigenvalue weighted by Crippen LogP contribution is 2.19. The summed E-state index contributed by atoms with van der Waals surface area (Å²) < 4.78 is 0. The molecule has 1 heterocycles. The zero-order chi connectivity index (χ0) is 8.97. The summed E-state index contributed by atoms with van der Waals surface area (Å²) in [6.07, 6.45) is 2.29. The second-order valence-electron chi connectivity index (χ2n) is 3.27. The van der Waals surface area contributed by atoms with E-state index >= 15 is 0 Å². The molecule has 1 unspecified atom stereocenters. The molecule has 2 heteroatoms. The summed E-state index contributed by atoms with van der Waals surface area (Å²) in [5, 5.41) is 0. The minimum absolute atomic E-state index is 0.619. The molecule has 0 aliphatic rings. The second kappa shape index (κ2) is 4.63. The molecular formula is C10H17NS. The van der Waals surface area contributed by atoms with Crippen LogP contribution < -0.4 is 5.73 Å². The smallest absolute Gasteiger partial charge is 0.00513 e. The third-order valence-electron chi connectivity index (χ3n) is 2.02. The number of thiophene rings is 1. The lowest BCUT2D eigenvalue weighted by Gasteiger charge is -2.04. The summed E-state index contributed by atoms with van der Waals surface area (Å²) >= 11 is 1.92. The Kier molecular flexibility index (Phi) is 3.76. The fourth-order valence-electron chi connectivity index (χ4n) is 1.15. The molecular weight excluding hydrogens is 166 g/mol. The Hall–Kier alpha value is -0.340. The summed E-state index contributed by atoms with van der Waals surface area (Å²) in [7, 11) is 0. The molecule has 1 aromatic rings. The molecule has 68 valence electrons. The van der Waals surface area contributed by atoms with Gasteiger partial charge in [-0.2, -0.15) is 0 Å². The van der Waals surface area contributed by atoms with Crippen molar-refractivity contribution in [2.24, 2.45) is 11.7 Å². The normalized spacial score (nSPS) is 13.2. The molecule has 0 amide bonds. The predicted molar refractivity (Wildman–Crippen MR) is 55.6 cm³/mol. The van der Waals surface area contributed by atoms with Crippen LogP contribution in [0.5, 0.6) is 0 Å². The van der Waals surface area contributed by atoms with Crippen LogP contribution in [0.2, 0.25) is 0 Å². The first-order valence-corrected chi connectivity index (χ1v) is 5.35. The zero-order valence-corrected chi connectivity index (χ0v) is 8.66. The highest BCUT2D eigenvalue weighted by atomic mass is 32.1. The first-order valence-electron chi connectivity index (χ1n) is 4.54. The maximum absolute atomic E-state index is 5.56. The largest absolute Gasteiger partial charge is 0.330 e. The molecule has 0 spiro atoms. The van der Waals surface area contributed by atoms with Crippen molar-refractivity contribution in [2.45, 2.75) is 26.7 Å². The molecule has 0 aliphatic heterocycles. The molecule has 0 saturated heterocycles. The van der Waals surface area contributed by atoms with Crippen LogP contribution in [0.25, 0.3) is 0 Å². The lowest BCUT2D eigenvalue weighted by molar-refractivity contribution is 0.598. The third kappa shape index (κ3) is 2.61. The maximum Gasteiger partial charge on any atom is 0.00513 e. The molecule has 0 aromatic carbocycles. The van der Waals surface area contributed by atoms with Crippen LogP contribution in [-0.2, 0) is 12.8 Å². The fourth-order valence-corrected chi connectivity index (χ4v) is 2.27. The van der Waals surface area contributed by atoms with E-state index in [0.29, 0.717) is 5.92 Å². The van der Waals surface area contributed by atoms with Gasteiger partial charge in [-0.3, -0.25) is 0 Å². The highest BCUT2D eigenvalue weighted by Gasteiger charge is 2.03. The lowest BCUT2D eigenvalue weighted by atomic mass is 10.1.